The number of esters is 1. The zero-order chi connectivity index (χ0) is 51.4. The number of allylic oxidation sites excluding steroid dienone is 3. The van der Waals surface area contributed by atoms with Crippen LogP contribution in [0.2, 0.25) is 0 Å². The normalized spacial score (nSPS) is 12.7. The van der Waals surface area contributed by atoms with E-state index in [4.69, 9.17) is 4.74 Å². The quantitative estimate of drug-likeness (QED) is 0.0320. The number of rotatable bonds is 60. The van der Waals surface area contributed by atoms with Gasteiger partial charge in [-0.2, -0.15) is 0 Å². The van der Waals surface area contributed by atoms with Gasteiger partial charge in [-0.1, -0.05) is 308 Å². The van der Waals surface area contributed by atoms with Gasteiger partial charge in [-0.15, -0.1) is 0 Å². The van der Waals surface area contributed by atoms with Crippen molar-refractivity contribution in [2.75, 3.05) is 13.2 Å². The molecule has 0 aromatic rings. The van der Waals surface area contributed by atoms with Crippen LogP contribution in [0, 0.1) is 0 Å². The van der Waals surface area contributed by atoms with Gasteiger partial charge in [0.05, 0.1) is 25.4 Å². The summed E-state index contributed by atoms with van der Waals surface area (Å²) in [7, 11) is 0. The zero-order valence-electron chi connectivity index (χ0n) is 48.0. The van der Waals surface area contributed by atoms with E-state index in [0.717, 1.165) is 38.5 Å². The summed E-state index contributed by atoms with van der Waals surface area (Å²) in [6.07, 6.45) is 75.3. The Bertz CT molecular complexity index is 1110. The molecular formula is C65H125NO5. The highest BCUT2D eigenvalue weighted by atomic mass is 16.5. The highest BCUT2D eigenvalue weighted by molar-refractivity contribution is 5.76. The third-order valence-corrected chi connectivity index (χ3v) is 15.0. The largest absolute Gasteiger partial charge is 0.466 e. The fourth-order valence-corrected chi connectivity index (χ4v) is 10.0. The van der Waals surface area contributed by atoms with Crippen molar-refractivity contribution >= 4 is 11.9 Å². The smallest absolute Gasteiger partial charge is 0.305 e. The van der Waals surface area contributed by atoms with E-state index in [1.165, 1.54) is 289 Å². The van der Waals surface area contributed by atoms with Crippen LogP contribution in [-0.2, 0) is 14.3 Å². The number of carbonyl (C=O) groups excluding carboxylic acids is 2. The van der Waals surface area contributed by atoms with Gasteiger partial charge >= 0.3 is 5.97 Å². The van der Waals surface area contributed by atoms with Crippen molar-refractivity contribution in [1.82, 2.24) is 5.32 Å². The van der Waals surface area contributed by atoms with Crippen LogP contribution >= 0.6 is 0 Å². The van der Waals surface area contributed by atoms with Gasteiger partial charge in [-0.25, -0.2) is 0 Å². The monoisotopic (exact) mass is 1000 g/mol. The van der Waals surface area contributed by atoms with E-state index in [2.05, 4.69) is 31.3 Å². The summed E-state index contributed by atoms with van der Waals surface area (Å²) in [4.78, 5) is 24.5. The summed E-state index contributed by atoms with van der Waals surface area (Å²) in [6, 6.07) is -0.626. The molecule has 0 saturated carbocycles. The van der Waals surface area contributed by atoms with Crippen LogP contribution in [0.25, 0.3) is 0 Å². The Kier molecular flexibility index (Phi) is 59.5. The van der Waals surface area contributed by atoms with E-state index in [1.807, 2.05) is 6.08 Å². The van der Waals surface area contributed by atoms with Crippen molar-refractivity contribution in [3.8, 4) is 0 Å². The third kappa shape index (κ3) is 57.5. The molecule has 0 aliphatic heterocycles. The minimum Gasteiger partial charge on any atom is -0.466 e. The molecule has 0 aliphatic carbocycles. The Morgan fingerprint density at radius 1 is 0.380 bits per heavy atom. The molecule has 1 amide bonds. The molecule has 3 N–H and O–H groups in total. The lowest BCUT2D eigenvalue weighted by molar-refractivity contribution is -0.143. The Labute approximate surface area is 443 Å². The second-order valence-corrected chi connectivity index (χ2v) is 22.1. The molecule has 0 aliphatic rings. The first kappa shape index (κ1) is 69.3. The molecule has 0 fully saturated rings. The van der Waals surface area contributed by atoms with Gasteiger partial charge in [-0.05, 0) is 57.8 Å². The van der Waals surface area contributed by atoms with E-state index in [0.29, 0.717) is 19.4 Å². The number of aliphatic hydroxyl groups is 2. The topological polar surface area (TPSA) is 95.9 Å². The van der Waals surface area contributed by atoms with Gasteiger partial charge in [0, 0.05) is 12.8 Å². The molecule has 0 radical (unpaired) electrons. The lowest BCUT2D eigenvalue weighted by Crippen LogP contribution is -2.45. The Morgan fingerprint density at radius 3 is 1.00 bits per heavy atom. The number of hydrogen-bond acceptors (Lipinski definition) is 5. The number of amides is 1. The van der Waals surface area contributed by atoms with Gasteiger partial charge in [0.15, 0.2) is 0 Å². The van der Waals surface area contributed by atoms with E-state index in [-0.39, 0.29) is 18.5 Å². The number of aliphatic hydroxyl groups excluding tert-OH is 2. The summed E-state index contributed by atoms with van der Waals surface area (Å²) in [6.45, 7) is 4.90. The van der Waals surface area contributed by atoms with Gasteiger partial charge in [0.25, 0.3) is 0 Å². The molecule has 0 saturated heterocycles. The first-order valence-corrected chi connectivity index (χ1v) is 32.1. The lowest BCUT2D eigenvalue weighted by atomic mass is 10.0. The molecule has 2 atom stereocenters. The van der Waals surface area contributed by atoms with Crippen LogP contribution in [0.4, 0.5) is 0 Å². The first-order valence-electron chi connectivity index (χ1n) is 32.1. The van der Waals surface area contributed by atoms with Gasteiger partial charge in [-0.3, -0.25) is 9.59 Å². The molecule has 6 heteroatoms. The number of hydrogen-bond donors (Lipinski definition) is 3. The number of unbranched alkanes of at least 4 members (excludes halogenated alkanes) is 47. The van der Waals surface area contributed by atoms with Crippen molar-refractivity contribution < 1.29 is 24.5 Å². The fourth-order valence-electron chi connectivity index (χ4n) is 10.0. The maximum absolute atomic E-state index is 12.4. The molecule has 0 aromatic heterocycles. The molecule has 0 heterocycles. The molecule has 71 heavy (non-hydrogen) atoms. The third-order valence-electron chi connectivity index (χ3n) is 15.0. The van der Waals surface area contributed by atoms with Crippen LogP contribution in [-0.4, -0.2) is 47.4 Å². The lowest BCUT2D eigenvalue weighted by Gasteiger charge is -2.20. The van der Waals surface area contributed by atoms with Crippen molar-refractivity contribution in [1.29, 1.82) is 0 Å². The van der Waals surface area contributed by atoms with Crippen LogP contribution in [0.15, 0.2) is 24.3 Å². The maximum atomic E-state index is 12.4. The summed E-state index contributed by atoms with van der Waals surface area (Å²) in [5.41, 5.74) is 0. The standard InChI is InChI=1S/C65H125NO5/c1-3-5-7-9-11-13-14-15-16-17-30-33-36-39-43-47-51-55-59-65(70)71-60-56-52-48-44-40-37-34-31-28-26-24-22-20-18-19-21-23-25-27-29-32-35-38-42-46-50-54-58-64(69)66-62(61-67)63(68)57-53-49-45-41-12-10-8-6-4-2/h18-19,53,57,62-63,67-68H,3-17,20-52,54-56,58-61H2,1-2H3,(H,66,69)/b19-18-,57-53+. The average Bonchev–Trinajstić information content (AvgIpc) is 3.37. The van der Waals surface area contributed by atoms with E-state index >= 15 is 0 Å². The predicted molar refractivity (Wildman–Crippen MR) is 310 cm³/mol. The van der Waals surface area contributed by atoms with Crippen molar-refractivity contribution in [2.45, 2.75) is 366 Å². The molecule has 0 rings (SSSR count). The molecule has 0 spiro atoms. The average molecular weight is 1000 g/mol. The molecular weight excluding hydrogens is 875 g/mol. The van der Waals surface area contributed by atoms with Crippen LogP contribution in [0.5, 0.6) is 0 Å². The van der Waals surface area contributed by atoms with Crippen molar-refractivity contribution in [3.05, 3.63) is 24.3 Å². The summed E-state index contributed by atoms with van der Waals surface area (Å²) < 4.78 is 5.50. The second kappa shape index (κ2) is 60.9. The van der Waals surface area contributed by atoms with Crippen molar-refractivity contribution in [3.63, 3.8) is 0 Å². The summed E-state index contributed by atoms with van der Waals surface area (Å²) >= 11 is 0. The van der Waals surface area contributed by atoms with E-state index in [9.17, 15) is 19.8 Å². The minimum atomic E-state index is -0.842. The van der Waals surface area contributed by atoms with Crippen LogP contribution in [0.3, 0.4) is 0 Å². The highest BCUT2D eigenvalue weighted by Crippen LogP contribution is 2.18. The number of nitrogens with one attached hydrogen (secondary N) is 1. The maximum Gasteiger partial charge on any atom is 0.305 e. The molecule has 6 nitrogen and oxygen atoms in total. The molecule has 0 bridgehead atoms. The Hall–Kier alpha value is -1.66. The van der Waals surface area contributed by atoms with Crippen LogP contribution < -0.4 is 5.32 Å². The molecule has 0 aromatic carbocycles. The fraction of sp³-hybridized carbons (Fsp3) is 0.908. The number of carbonyl (C=O) groups is 2. The second-order valence-electron chi connectivity index (χ2n) is 22.1. The summed E-state index contributed by atoms with van der Waals surface area (Å²) in [5.74, 6) is -0.0512. The van der Waals surface area contributed by atoms with E-state index in [1.54, 1.807) is 6.08 Å². The molecule has 420 valence electrons. The highest BCUT2D eigenvalue weighted by Gasteiger charge is 2.18. The van der Waals surface area contributed by atoms with Crippen molar-refractivity contribution in [2.24, 2.45) is 0 Å². The van der Waals surface area contributed by atoms with Gasteiger partial charge < -0.3 is 20.3 Å². The molecule has 2 unspecified atom stereocenters. The zero-order valence-corrected chi connectivity index (χ0v) is 48.0. The minimum absolute atomic E-state index is 0.0193. The van der Waals surface area contributed by atoms with Crippen LogP contribution in [0.1, 0.15) is 354 Å². The van der Waals surface area contributed by atoms with Gasteiger partial charge in [0.1, 0.15) is 0 Å². The predicted octanol–water partition coefficient (Wildman–Crippen LogP) is 20.2. The van der Waals surface area contributed by atoms with Gasteiger partial charge in [0.2, 0.25) is 5.91 Å². The summed E-state index contributed by atoms with van der Waals surface area (Å²) in [5, 5.41) is 22.9. The van der Waals surface area contributed by atoms with E-state index < -0.39 is 12.1 Å². The number of ether oxygens (including phenoxy) is 1. The Balaban J connectivity index is 3.34. The Morgan fingerprint density at radius 2 is 0.662 bits per heavy atom. The first-order chi connectivity index (χ1) is 35.0. The SMILES string of the molecule is CCCCCCCCC/C=C/C(O)C(CO)NC(=O)CCCCCCCCCCCCC/C=C\CCCCCCCCCCCCCCOC(=O)CCCCCCCCCCCCCCCCCCCC.